The molecule has 1 aliphatic heterocycles. The molecule has 1 atom stereocenters. The van der Waals surface area contributed by atoms with Gasteiger partial charge in [-0.15, -0.1) is 0 Å². The summed E-state index contributed by atoms with van der Waals surface area (Å²) in [5.74, 6) is -1.96. The summed E-state index contributed by atoms with van der Waals surface area (Å²) in [5, 5.41) is 13.0. The molecule has 1 amide bonds. The van der Waals surface area contributed by atoms with Crippen molar-refractivity contribution < 1.29 is 14.7 Å². The smallest absolute Gasteiger partial charge is 0.308 e. The van der Waals surface area contributed by atoms with E-state index in [4.69, 9.17) is 11.6 Å². The molecule has 0 spiro atoms. The molecule has 1 heterocycles. The van der Waals surface area contributed by atoms with Crippen molar-refractivity contribution in [3.63, 3.8) is 0 Å². The molecular weight excluding hydrogens is 378 g/mol. The van der Waals surface area contributed by atoms with Gasteiger partial charge >= 0.3 is 5.97 Å². The van der Waals surface area contributed by atoms with Crippen molar-refractivity contribution in [2.45, 2.75) is 6.42 Å². The van der Waals surface area contributed by atoms with Gasteiger partial charge in [0.25, 0.3) is 0 Å². The summed E-state index contributed by atoms with van der Waals surface area (Å²) >= 11 is 6.06. The number of nitrogens with zero attached hydrogens (tertiary/aromatic N) is 2. The lowest BCUT2D eigenvalue weighted by atomic mass is 10.0. The molecule has 28 heavy (non-hydrogen) atoms. The van der Waals surface area contributed by atoms with Crippen LogP contribution >= 0.6 is 11.6 Å². The number of halogens is 1. The van der Waals surface area contributed by atoms with Crippen LogP contribution in [0.15, 0.2) is 54.6 Å². The standard InChI is InChI=1S/C21H24ClN3O3/c22-17-5-4-8-19(14-17)25-11-9-24(10-12-25)15-16(21(27)28)13-20(26)23-18-6-2-1-3-7-18/h1-8,14,16H,9-13,15H2,(H,23,26)(H,27,28). The number of benzene rings is 2. The third-order valence-corrected chi connectivity index (χ3v) is 5.10. The Morgan fingerprint density at radius 3 is 2.39 bits per heavy atom. The zero-order valence-electron chi connectivity index (χ0n) is 15.6. The summed E-state index contributed by atoms with van der Waals surface area (Å²) in [5.41, 5.74) is 1.75. The van der Waals surface area contributed by atoms with Crippen LogP contribution in [0.25, 0.3) is 0 Å². The van der Waals surface area contributed by atoms with E-state index in [2.05, 4.69) is 15.1 Å². The van der Waals surface area contributed by atoms with Crippen LogP contribution in [-0.2, 0) is 9.59 Å². The molecule has 1 fully saturated rings. The fraction of sp³-hybridized carbons (Fsp3) is 0.333. The van der Waals surface area contributed by atoms with Crippen LogP contribution in [0.2, 0.25) is 5.02 Å². The molecule has 3 rings (SSSR count). The lowest BCUT2D eigenvalue weighted by Crippen LogP contribution is -2.48. The van der Waals surface area contributed by atoms with Crippen LogP contribution in [0.3, 0.4) is 0 Å². The number of aliphatic carboxylic acids is 1. The Bertz CT molecular complexity index is 808. The van der Waals surface area contributed by atoms with Gasteiger partial charge in [-0.1, -0.05) is 35.9 Å². The summed E-state index contributed by atoms with van der Waals surface area (Å²) in [4.78, 5) is 28.2. The van der Waals surface area contributed by atoms with E-state index in [1.54, 1.807) is 12.1 Å². The minimum absolute atomic E-state index is 0.0429. The number of carboxylic acids is 1. The maximum absolute atomic E-state index is 12.2. The maximum atomic E-state index is 12.2. The van der Waals surface area contributed by atoms with Crippen molar-refractivity contribution in [3.05, 3.63) is 59.6 Å². The number of carbonyl (C=O) groups is 2. The van der Waals surface area contributed by atoms with Crippen LogP contribution in [0.5, 0.6) is 0 Å². The Hall–Kier alpha value is -2.57. The Morgan fingerprint density at radius 1 is 1.04 bits per heavy atom. The highest BCUT2D eigenvalue weighted by molar-refractivity contribution is 6.30. The highest BCUT2D eigenvalue weighted by atomic mass is 35.5. The first kappa shape index (κ1) is 20.2. The number of carboxylic acid groups (broad SMARTS) is 1. The number of anilines is 2. The quantitative estimate of drug-likeness (QED) is 0.745. The van der Waals surface area contributed by atoms with Gasteiger partial charge in [0, 0.05) is 55.5 Å². The van der Waals surface area contributed by atoms with Crippen LogP contribution in [0, 0.1) is 5.92 Å². The average Bonchev–Trinajstić information content (AvgIpc) is 2.68. The molecule has 2 aromatic rings. The molecule has 1 saturated heterocycles. The molecule has 6 nitrogen and oxygen atoms in total. The molecule has 0 saturated carbocycles. The van der Waals surface area contributed by atoms with Crippen LogP contribution in [0.1, 0.15) is 6.42 Å². The Balaban J connectivity index is 1.51. The largest absolute Gasteiger partial charge is 0.481 e. The zero-order valence-corrected chi connectivity index (χ0v) is 16.3. The monoisotopic (exact) mass is 401 g/mol. The first-order chi connectivity index (χ1) is 13.5. The van der Waals surface area contributed by atoms with E-state index < -0.39 is 11.9 Å². The first-order valence-corrected chi connectivity index (χ1v) is 9.69. The Kier molecular flexibility index (Phi) is 6.90. The average molecular weight is 402 g/mol. The summed E-state index contributed by atoms with van der Waals surface area (Å²) in [6.07, 6.45) is -0.0429. The van der Waals surface area contributed by atoms with E-state index in [0.29, 0.717) is 17.3 Å². The topological polar surface area (TPSA) is 72.9 Å². The third kappa shape index (κ3) is 5.71. The van der Waals surface area contributed by atoms with E-state index in [1.165, 1.54) is 0 Å². The van der Waals surface area contributed by atoms with Crippen molar-refractivity contribution in [2.24, 2.45) is 5.92 Å². The maximum Gasteiger partial charge on any atom is 0.308 e. The molecule has 1 unspecified atom stereocenters. The number of amides is 1. The van der Waals surface area contributed by atoms with E-state index >= 15 is 0 Å². The van der Waals surface area contributed by atoms with Gasteiger partial charge in [-0.05, 0) is 30.3 Å². The molecule has 148 valence electrons. The highest BCUT2D eigenvalue weighted by Gasteiger charge is 2.26. The van der Waals surface area contributed by atoms with E-state index in [9.17, 15) is 14.7 Å². The number of carbonyl (C=O) groups excluding carboxylic acids is 1. The second-order valence-corrected chi connectivity index (χ2v) is 7.36. The molecule has 0 aliphatic carbocycles. The van der Waals surface area contributed by atoms with E-state index in [1.807, 2.05) is 42.5 Å². The number of hydrogen-bond acceptors (Lipinski definition) is 4. The fourth-order valence-electron chi connectivity index (χ4n) is 3.36. The molecule has 7 heteroatoms. The lowest BCUT2D eigenvalue weighted by Gasteiger charge is -2.37. The zero-order chi connectivity index (χ0) is 19.9. The van der Waals surface area contributed by atoms with Crippen LogP contribution in [-0.4, -0.2) is 54.6 Å². The van der Waals surface area contributed by atoms with Gasteiger partial charge in [0.15, 0.2) is 0 Å². The second-order valence-electron chi connectivity index (χ2n) is 6.92. The van der Waals surface area contributed by atoms with Gasteiger partial charge in [0.1, 0.15) is 0 Å². The van der Waals surface area contributed by atoms with Crippen molar-refractivity contribution in [1.82, 2.24) is 4.90 Å². The van der Waals surface area contributed by atoms with Crippen LogP contribution < -0.4 is 10.2 Å². The molecule has 0 aromatic heterocycles. The van der Waals surface area contributed by atoms with Gasteiger partial charge in [0.2, 0.25) is 5.91 Å². The number of para-hydroxylation sites is 1. The number of hydrogen-bond donors (Lipinski definition) is 2. The van der Waals surface area contributed by atoms with Crippen molar-refractivity contribution in [3.8, 4) is 0 Å². The Morgan fingerprint density at radius 2 is 1.75 bits per heavy atom. The number of nitrogens with one attached hydrogen (secondary N) is 1. The third-order valence-electron chi connectivity index (χ3n) is 4.86. The molecule has 0 bridgehead atoms. The van der Waals surface area contributed by atoms with Gasteiger partial charge in [-0.2, -0.15) is 0 Å². The van der Waals surface area contributed by atoms with Gasteiger partial charge in [-0.25, -0.2) is 0 Å². The normalized spacial score (nSPS) is 15.8. The van der Waals surface area contributed by atoms with Gasteiger partial charge in [0.05, 0.1) is 5.92 Å². The van der Waals surface area contributed by atoms with Gasteiger partial charge in [-0.3, -0.25) is 14.5 Å². The molecule has 0 radical (unpaired) electrons. The summed E-state index contributed by atoms with van der Waals surface area (Å²) in [6.45, 7) is 3.44. The molecular formula is C21H24ClN3O3. The fourth-order valence-corrected chi connectivity index (χ4v) is 3.54. The lowest BCUT2D eigenvalue weighted by molar-refractivity contribution is -0.144. The summed E-state index contributed by atoms with van der Waals surface area (Å²) < 4.78 is 0. The molecule has 1 aliphatic rings. The van der Waals surface area contributed by atoms with Gasteiger partial charge < -0.3 is 15.3 Å². The van der Waals surface area contributed by atoms with Crippen molar-refractivity contribution in [1.29, 1.82) is 0 Å². The Labute approximate surface area is 169 Å². The van der Waals surface area contributed by atoms with Crippen molar-refractivity contribution >= 4 is 34.9 Å². The van der Waals surface area contributed by atoms with E-state index in [0.717, 1.165) is 31.9 Å². The molecule has 2 N–H and O–H groups in total. The predicted molar refractivity (Wildman–Crippen MR) is 111 cm³/mol. The summed E-state index contributed by atoms with van der Waals surface area (Å²) in [6, 6.07) is 16.8. The number of rotatable bonds is 7. The second kappa shape index (κ2) is 9.57. The number of piperazine rings is 1. The highest BCUT2D eigenvalue weighted by Crippen LogP contribution is 2.21. The SMILES string of the molecule is O=C(CC(CN1CCN(c2cccc(Cl)c2)CC1)C(=O)O)Nc1ccccc1. The summed E-state index contributed by atoms with van der Waals surface area (Å²) in [7, 11) is 0. The predicted octanol–water partition coefficient (Wildman–Crippen LogP) is 3.19. The minimum Gasteiger partial charge on any atom is -0.481 e. The van der Waals surface area contributed by atoms with Crippen LogP contribution in [0.4, 0.5) is 11.4 Å². The molecule has 2 aromatic carbocycles. The van der Waals surface area contributed by atoms with E-state index in [-0.39, 0.29) is 12.3 Å². The minimum atomic E-state index is -0.944. The van der Waals surface area contributed by atoms with Crippen molar-refractivity contribution in [2.75, 3.05) is 42.9 Å². The first-order valence-electron chi connectivity index (χ1n) is 9.32.